The summed E-state index contributed by atoms with van der Waals surface area (Å²) < 4.78 is 5.29. The van der Waals surface area contributed by atoms with Crippen LogP contribution >= 0.6 is 0 Å². The summed E-state index contributed by atoms with van der Waals surface area (Å²) in [6, 6.07) is 0. The van der Waals surface area contributed by atoms with Gasteiger partial charge in [-0.2, -0.15) is 0 Å². The molecule has 1 aliphatic carbocycles. The van der Waals surface area contributed by atoms with Crippen LogP contribution in [-0.2, 0) is 9.53 Å². The van der Waals surface area contributed by atoms with Crippen molar-refractivity contribution in [1.29, 1.82) is 0 Å². The van der Waals surface area contributed by atoms with Crippen LogP contribution in [0.1, 0.15) is 64.7 Å². The van der Waals surface area contributed by atoms with Gasteiger partial charge >= 0.3 is 5.97 Å². The second kappa shape index (κ2) is 7.49. The summed E-state index contributed by atoms with van der Waals surface area (Å²) >= 11 is 0. The average molecular weight is 210 g/mol. The van der Waals surface area contributed by atoms with Crippen LogP contribution in [0.2, 0.25) is 0 Å². The van der Waals surface area contributed by atoms with Crippen molar-refractivity contribution in [2.45, 2.75) is 64.7 Å². The van der Waals surface area contributed by atoms with E-state index in [-0.39, 0.29) is 5.97 Å². The Balaban J connectivity index is 2.41. The van der Waals surface area contributed by atoms with Crippen LogP contribution in [0.4, 0.5) is 0 Å². The van der Waals surface area contributed by atoms with Gasteiger partial charge in [-0.15, -0.1) is 0 Å². The minimum absolute atomic E-state index is 0.0988. The largest absolute Gasteiger partial charge is 0.431 e. The topological polar surface area (TPSA) is 26.3 Å². The van der Waals surface area contributed by atoms with Crippen molar-refractivity contribution >= 4 is 5.97 Å². The first kappa shape index (κ1) is 12.3. The van der Waals surface area contributed by atoms with E-state index in [0.717, 1.165) is 25.0 Å². The molecule has 0 aromatic carbocycles. The second-order valence-corrected chi connectivity index (χ2v) is 4.16. The molecule has 0 fully saturated rings. The number of hydrogen-bond donors (Lipinski definition) is 0. The number of rotatable bonds is 2. The average Bonchev–Trinajstić information content (AvgIpc) is 2.27. The fourth-order valence-electron chi connectivity index (χ4n) is 1.83. The SMILES string of the molecule is CCC(=O)O/C1=C/CCCCCCCC1. The zero-order valence-electron chi connectivity index (χ0n) is 9.76. The molecular formula is C13H22O2. The number of carbonyl (C=O) groups excluding carboxylic acids is 1. The Morgan fingerprint density at radius 3 is 2.60 bits per heavy atom. The molecule has 2 nitrogen and oxygen atoms in total. The van der Waals surface area contributed by atoms with Crippen LogP contribution in [0.15, 0.2) is 11.8 Å². The zero-order valence-corrected chi connectivity index (χ0v) is 9.76. The standard InChI is InChI=1S/C13H22O2/c1-2-13(14)15-12-10-8-6-4-3-5-7-9-11-12/h10H,2-9,11H2,1H3/b12-10+. The first-order chi connectivity index (χ1) is 7.33. The molecule has 86 valence electrons. The van der Waals surface area contributed by atoms with E-state index in [0.29, 0.717) is 6.42 Å². The van der Waals surface area contributed by atoms with E-state index < -0.39 is 0 Å². The van der Waals surface area contributed by atoms with Crippen LogP contribution in [0.3, 0.4) is 0 Å². The summed E-state index contributed by atoms with van der Waals surface area (Å²) in [5.41, 5.74) is 0. The van der Waals surface area contributed by atoms with E-state index in [4.69, 9.17) is 4.74 Å². The van der Waals surface area contributed by atoms with Gasteiger partial charge in [0.05, 0.1) is 0 Å². The van der Waals surface area contributed by atoms with E-state index in [1.807, 2.05) is 6.92 Å². The van der Waals surface area contributed by atoms with Crippen LogP contribution in [0, 0.1) is 0 Å². The predicted octanol–water partition coefficient (Wildman–Crippen LogP) is 3.96. The van der Waals surface area contributed by atoms with Crippen molar-refractivity contribution in [3.8, 4) is 0 Å². The highest BCUT2D eigenvalue weighted by molar-refractivity contribution is 5.70. The lowest BCUT2D eigenvalue weighted by Crippen LogP contribution is -2.03. The lowest BCUT2D eigenvalue weighted by Gasteiger charge is -2.10. The number of esters is 1. The number of ether oxygens (including phenoxy) is 1. The fraction of sp³-hybridized carbons (Fsp3) is 0.769. The van der Waals surface area contributed by atoms with E-state index in [1.54, 1.807) is 0 Å². The molecule has 0 saturated carbocycles. The summed E-state index contributed by atoms with van der Waals surface area (Å²) in [5.74, 6) is 0.807. The third-order valence-corrected chi connectivity index (χ3v) is 2.78. The van der Waals surface area contributed by atoms with Gasteiger partial charge in [0, 0.05) is 12.8 Å². The van der Waals surface area contributed by atoms with Gasteiger partial charge in [-0.1, -0.05) is 32.6 Å². The predicted molar refractivity (Wildman–Crippen MR) is 61.4 cm³/mol. The molecule has 0 amide bonds. The number of allylic oxidation sites excluding steroid dienone is 2. The molecule has 1 rings (SSSR count). The summed E-state index contributed by atoms with van der Waals surface area (Å²) in [5, 5.41) is 0. The molecule has 15 heavy (non-hydrogen) atoms. The summed E-state index contributed by atoms with van der Waals surface area (Å²) in [4.78, 5) is 11.2. The highest BCUT2D eigenvalue weighted by atomic mass is 16.5. The molecular weight excluding hydrogens is 188 g/mol. The maximum atomic E-state index is 11.2. The zero-order chi connectivity index (χ0) is 10.9. The Labute approximate surface area is 92.7 Å². The van der Waals surface area contributed by atoms with Crippen molar-refractivity contribution in [2.24, 2.45) is 0 Å². The highest BCUT2D eigenvalue weighted by Crippen LogP contribution is 2.17. The quantitative estimate of drug-likeness (QED) is 0.645. The molecule has 0 unspecified atom stereocenters. The third kappa shape index (κ3) is 5.60. The monoisotopic (exact) mass is 210 g/mol. The van der Waals surface area contributed by atoms with Gasteiger partial charge in [0.1, 0.15) is 5.76 Å². The maximum absolute atomic E-state index is 11.2. The van der Waals surface area contributed by atoms with Crippen LogP contribution in [-0.4, -0.2) is 5.97 Å². The Hall–Kier alpha value is -0.790. The van der Waals surface area contributed by atoms with E-state index in [1.165, 1.54) is 32.1 Å². The van der Waals surface area contributed by atoms with Crippen LogP contribution in [0.25, 0.3) is 0 Å². The van der Waals surface area contributed by atoms with Crippen molar-refractivity contribution in [3.05, 3.63) is 11.8 Å². The van der Waals surface area contributed by atoms with Gasteiger partial charge in [0.15, 0.2) is 0 Å². The minimum Gasteiger partial charge on any atom is -0.431 e. The molecule has 0 saturated heterocycles. The lowest BCUT2D eigenvalue weighted by atomic mass is 10.0. The fourth-order valence-corrected chi connectivity index (χ4v) is 1.83. The molecule has 0 heterocycles. The maximum Gasteiger partial charge on any atom is 0.310 e. The third-order valence-electron chi connectivity index (χ3n) is 2.78. The molecule has 0 aromatic heterocycles. The normalized spacial score (nSPS) is 22.6. The smallest absolute Gasteiger partial charge is 0.310 e. The summed E-state index contributed by atoms with van der Waals surface area (Å²) in [6.07, 6.45) is 12.2. The molecule has 2 heteroatoms. The van der Waals surface area contributed by atoms with Crippen LogP contribution in [0.5, 0.6) is 0 Å². The van der Waals surface area contributed by atoms with Crippen molar-refractivity contribution in [1.82, 2.24) is 0 Å². The van der Waals surface area contributed by atoms with Crippen molar-refractivity contribution < 1.29 is 9.53 Å². The molecule has 0 spiro atoms. The highest BCUT2D eigenvalue weighted by Gasteiger charge is 2.05. The molecule has 0 aromatic rings. The van der Waals surface area contributed by atoms with Crippen molar-refractivity contribution in [3.63, 3.8) is 0 Å². The van der Waals surface area contributed by atoms with Crippen LogP contribution < -0.4 is 0 Å². The molecule has 0 atom stereocenters. The molecule has 0 N–H and O–H groups in total. The Morgan fingerprint density at radius 1 is 1.20 bits per heavy atom. The molecule has 1 aliphatic rings. The van der Waals surface area contributed by atoms with Gasteiger partial charge in [-0.3, -0.25) is 4.79 Å². The van der Waals surface area contributed by atoms with Gasteiger partial charge in [0.2, 0.25) is 0 Å². The van der Waals surface area contributed by atoms with E-state index >= 15 is 0 Å². The van der Waals surface area contributed by atoms with Crippen molar-refractivity contribution in [2.75, 3.05) is 0 Å². The number of carbonyl (C=O) groups is 1. The summed E-state index contributed by atoms with van der Waals surface area (Å²) in [6.45, 7) is 1.84. The van der Waals surface area contributed by atoms with Gasteiger partial charge < -0.3 is 4.74 Å². The van der Waals surface area contributed by atoms with E-state index in [9.17, 15) is 4.79 Å². The number of hydrogen-bond acceptors (Lipinski definition) is 2. The Kier molecular flexibility index (Phi) is 6.14. The minimum atomic E-state index is -0.0988. The first-order valence-electron chi connectivity index (χ1n) is 6.22. The van der Waals surface area contributed by atoms with E-state index in [2.05, 4.69) is 6.08 Å². The second-order valence-electron chi connectivity index (χ2n) is 4.16. The first-order valence-corrected chi connectivity index (χ1v) is 6.22. The molecule has 0 radical (unpaired) electrons. The van der Waals surface area contributed by atoms with Gasteiger partial charge in [-0.25, -0.2) is 0 Å². The Bertz CT molecular complexity index is 219. The molecule has 0 aliphatic heterocycles. The summed E-state index contributed by atoms with van der Waals surface area (Å²) in [7, 11) is 0. The lowest BCUT2D eigenvalue weighted by molar-refractivity contribution is -0.139. The Morgan fingerprint density at radius 2 is 1.87 bits per heavy atom. The van der Waals surface area contributed by atoms with Gasteiger partial charge in [0.25, 0.3) is 0 Å². The molecule has 0 bridgehead atoms. The van der Waals surface area contributed by atoms with Gasteiger partial charge in [-0.05, 0) is 25.3 Å².